The van der Waals surface area contributed by atoms with Crippen LogP contribution >= 0.6 is 0 Å². The second-order valence-corrected chi connectivity index (χ2v) is 6.09. The van der Waals surface area contributed by atoms with Gasteiger partial charge in [0.15, 0.2) is 0 Å². The van der Waals surface area contributed by atoms with Crippen molar-refractivity contribution in [3.05, 3.63) is 47.8 Å². The highest BCUT2D eigenvalue weighted by Crippen LogP contribution is 2.27. The molecule has 1 aromatic carbocycles. The van der Waals surface area contributed by atoms with Gasteiger partial charge in [0.05, 0.1) is 19.4 Å². The number of aryl methyl sites for hydroxylation is 1. The zero-order valence-electron chi connectivity index (χ0n) is 11.7. The average molecular weight is 308 g/mol. The van der Waals surface area contributed by atoms with Crippen molar-refractivity contribution < 1.29 is 18.3 Å². The molecule has 0 atom stereocenters. The van der Waals surface area contributed by atoms with Crippen molar-refractivity contribution in [2.75, 3.05) is 11.8 Å². The van der Waals surface area contributed by atoms with Crippen LogP contribution in [0.1, 0.15) is 11.1 Å². The first-order valence-corrected chi connectivity index (χ1v) is 7.67. The maximum absolute atomic E-state index is 12.5. The Bertz CT molecular complexity index is 744. The molecule has 21 heavy (non-hydrogen) atoms. The number of aromatic nitrogens is 1. The molecular formula is C14H16N2O4S. The monoisotopic (exact) mass is 308 g/mol. The van der Waals surface area contributed by atoms with Gasteiger partial charge in [0, 0.05) is 12.4 Å². The minimum absolute atomic E-state index is 0.0124. The number of rotatable bonds is 5. The zero-order chi connectivity index (χ0) is 15.5. The van der Waals surface area contributed by atoms with Gasteiger partial charge < -0.3 is 9.84 Å². The standard InChI is InChI=1S/C14H16N2O4S/c1-10-8-15-6-5-12(10)16-21(18,19)14-4-3-11(9-17)7-13(14)20-2/h3-8,17H,9H2,1-2H3,(H,15,16). The number of hydrogen-bond acceptors (Lipinski definition) is 5. The summed E-state index contributed by atoms with van der Waals surface area (Å²) < 4.78 is 32.5. The highest BCUT2D eigenvalue weighted by Gasteiger charge is 2.20. The van der Waals surface area contributed by atoms with Crippen LogP contribution in [0.4, 0.5) is 5.69 Å². The predicted octanol–water partition coefficient (Wildman–Crippen LogP) is 1.69. The quantitative estimate of drug-likeness (QED) is 0.877. The molecule has 2 N–H and O–H groups in total. The van der Waals surface area contributed by atoms with Crippen LogP contribution in [0.5, 0.6) is 5.75 Å². The van der Waals surface area contributed by atoms with Crippen molar-refractivity contribution in [2.45, 2.75) is 18.4 Å². The molecule has 1 heterocycles. The molecule has 0 saturated heterocycles. The molecule has 0 radical (unpaired) electrons. The molecular weight excluding hydrogens is 292 g/mol. The van der Waals surface area contributed by atoms with E-state index in [0.29, 0.717) is 16.8 Å². The van der Waals surface area contributed by atoms with Gasteiger partial charge in [-0.1, -0.05) is 6.07 Å². The Morgan fingerprint density at radius 2 is 2.10 bits per heavy atom. The van der Waals surface area contributed by atoms with Crippen LogP contribution in [0, 0.1) is 6.92 Å². The third-order valence-corrected chi connectivity index (χ3v) is 4.37. The van der Waals surface area contributed by atoms with Gasteiger partial charge in [-0.15, -0.1) is 0 Å². The molecule has 0 unspecified atom stereocenters. The van der Waals surface area contributed by atoms with Crippen LogP contribution in [0.15, 0.2) is 41.6 Å². The van der Waals surface area contributed by atoms with E-state index in [-0.39, 0.29) is 17.3 Å². The SMILES string of the molecule is COc1cc(CO)ccc1S(=O)(=O)Nc1ccncc1C. The van der Waals surface area contributed by atoms with E-state index in [1.54, 1.807) is 19.2 Å². The van der Waals surface area contributed by atoms with Crippen LogP contribution < -0.4 is 9.46 Å². The number of aliphatic hydroxyl groups excluding tert-OH is 1. The van der Waals surface area contributed by atoms with E-state index in [9.17, 15) is 8.42 Å². The number of sulfonamides is 1. The Morgan fingerprint density at radius 3 is 2.71 bits per heavy atom. The number of nitrogens with zero attached hydrogens (tertiary/aromatic N) is 1. The van der Waals surface area contributed by atoms with Crippen LogP contribution in [-0.4, -0.2) is 25.6 Å². The molecule has 0 fully saturated rings. The number of ether oxygens (including phenoxy) is 1. The summed E-state index contributed by atoms with van der Waals surface area (Å²) >= 11 is 0. The van der Waals surface area contributed by atoms with Crippen molar-refractivity contribution in [2.24, 2.45) is 0 Å². The fourth-order valence-electron chi connectivity index (χ4n) is 1.82. The maximum atomic E-state index is 12.5. The molecule has 112 valence electrons. The minimum Gasteiger partial charge on any atom is -0.495 e. The van der Waals surface area contributed by atoms with Gasteiger partial charge in [-0.25, -0.2) is 8.42 Å². The van der Waals surface area contributed by atoms with E-state index in [2.05, 4.69) is 9.71 Å². The van der Waals surface area contributed by atoms with E-state index in [1.807, 2.05) is 0 Å². The lowest BCUT2D eigenvalue weighted by Crippen LogP contribution is -2.15. The Balaban J connectivity index is 2.42. The highest BCUT2D eigenvalue weighted by molar-refractivity contribution is 7.92. The smallest absolute Gasteiger partial charge is 0.265 e. The number of aliphatic hydroxyl groups is 1. The lowest BCUT2D eigenvalue weighted by Gasteiger charge is -2.13. The zero-order valence-corrected chi connectivity index (χ0v) is 12.5. The minimum atomic E-state index is -3.79. The van der Waals surface area contributed by atoms with Crippen LogP contribution in [-0.2, 0) is 16.6 Å². The summed E-state index contributed by atoms with van der Waals surface area (Å²) in [4.78, 5) is 3.93. The largest absolute Gasteiger partial charge is 0.495 e. The number of benzene rings is 1. The van der Waals surface area contributed by atoms with Gasteiger partial charge in [0.2, 0.25) is 0 Å². The molecule has 2 rings (SSSR count). The first kappa shape index (κ1) is 15.3. The molecule has 0 amide bonds. The number of nitrogens with one attached hydrogen (secondary N) is 1. The molecule has 0 bridgehead atoms. The van der Waals surface area contributed by atoms with Gasteiger partial charge >= 0.3 is 0 Å². The summed E-state index contributed by atoms with van der Waals surface area (Å²) in [6.07, 6.45) is 3.08. The van der Waals surface area contributed by atoms with Gasteiger partial charge in [0.1, 0.15) is 10.6 Å². The second kappa shape index (κ2) is 6.11. The van der Waals surface area contributed by atoms with E-state index in [1.165, 1.54) is 31.5 Å². The van der Waals surface area contributed by atoms with Crippen molar-refractivity contribution in [1.29, 1.82) is 0 Å². The molecule has 1 aromatic heterocycles. The van der Waals surface area contributed by atoms with Gasteiger partial charge in [-0.2, -0.15) is 0 Å². The summed E-state index contributed by atoms with van der Waals surface area (Å²) in [6, 6.07) is 6.02. The fraction of sp³-hybridized carbons (Fsp3) is 0.214. The Labute approximate surface area is 123 Å². The summed E-state index contributed by atoms with van der Waals surface area (Å²) in [5, 5.41) is 9.10. The van der Waals surface area contributed by atoms with Gasteiger partial charge in [-0.3, -0.25) is 9.71 Å². The molecule has 0 aliphatic rings. The normalized spacial score (nSPS) is 11.2. The number of anilines is 1. The predicted molar refractivity (Wildman–Crippen MR) is 78.7 cm³/mol. The van der Waals surface area contributed by atoms with Crippen molar-refractivity contribution in [3.63, 3.8) is 0 Å². The summed E-state index contributed by atoms with van der Waals surface area (Å²) in [6.45, 7) is 1.57. The van der Waals surface area contributed by atoms with Crippen LogP contribution in [0.25, 0.3) is 0 Å². The molecule has 2 aromatic rings. The number of hydrogen-bond donors (Lipinski definition) is 2. The van der Waals surface area contributed by atoms with Gasteiger partial charge in [0.25, 0.3) is 10.0 Å². The number of methoxy groups -OCH3 is 1. The van der Waals surface area contributed by atoms with Gasteiger partial charge in [-0.05, 0) is 36.2 Å². The molecule has 7 heteroatoms. The number of pyridine rings is 1. The molecule has 6 nitrogen and oxygen atoms in total. The van der Waals surface area contributed by atoms with E-state index < -0.39 is 10.0 Å². The lowest BCUT2D eigenvalue weighted by atomic mass is 10.2. The lowest BCUT2D eigenvalue weighted by molar-refractivity contribution is 0.280. The average Bonchev–Trinajstić information content (AvgIpc) is 2.48. The van der Waals surface area contributed by atoms with Crippen LogP contribution in [0.3, 0.4) is 0 Å². The highest BCUT2D eigenvalue weighted by atomic mass is 32.2. The third-order valence-electron chi connectivity index (χ3n) is 2.96. The van der Waals surface area contributed by atoms with E-state index in [4.69, 9.17) is 9.84 Å². The maximum Gasteiger partial charge on any atom is 0.265 e. The Hall–Kier alpha value is -2.12. The van der Waals surface area contributed by atoms with Crippen molar-refractivity contribution >= 4 is 15.7 Å². The summed E-state index contributed by atoms with van der Waals surface area (Å²) in [5.74, 6) is 0.181. The second-order valence-electron chi connectivity index (χ2n) is 4.44. The first-order chi connectivity index (χ1) is 9.97. The van der Waals surface area contributed by atoms with Crippen molar-refractivity contribution in [3.8, 4) is 5.75 Å². The summed E-state index contributed by atoms with van der Waals surface area (Å²) in [7, 11) is -2.41. The van der Waals surface area contributed by atoms with E-state index >= 15 is 0 Å². The topological polar surface area (TPSA) is 88.5 Å². The van der Waals surface area contributed by atoms with Crippen molar-refractivity contribution in [1.82, 2.24) is 4.98 Å². The third kappa shape index (κ3) is 3.32. The fourth-order valence-corrected chi connectivity index (χ4v) is 3.10. The molecule has 0 saturated carbocycles. The summed E-state index contributed by atoms with van der Waals surface area (Å²) in [5.41, 5.74) is 1.75. The Morgan fingerprint density at radius 1 is 1.33 bits per heavy atom. The van der Waals surface area contributed by atoms with Crippen LogP contribution in [0.2, 0.25) is 0 Å². The van der Waals surface area contributed by atoms with E-state index in [0.717, 1.165) is 0 Å². The molecule has 0 aliphatic heterocycles. The first-order valence-electron chi connectivity index (χ1n) is 6.19. The molecule has 0 aliphatic carbocycles. The Kier molecular flexibility index (Phi) is 4.44. The molecule has 0 spiro atoms.